The van der Waals surface area contributed by atoms with E-state index in [4.69, 9.17) is 18.6 Å². The fourth-order valence-corrected chi connectivity index (χ4v) is 4.11. The Bertz CT molecular complexity index is 1180. The van der Waals surface area contributed by atoms with E-state index in [1.54, 1.807) is 44.4 Å². The van der Waals surface area contributed by atoms with Crippen LogP contribution >= 0.6 is 0 Å². The van der Waals surface area contributed by atoms with Crippen LogP contribution in [0.3, 0.4) is 0 Å². The van der Waals surface area contributed by atoms with Crippen LogP contribution in [-0.4, -0.2) is 99.0 Å². The number of piperazine rings is 1. The molecular formula is C26H31N5O6. The van der Waals surface area contributed by atoms with Crippen molar-refractivity contribution in [2.45, 2.75) is 0 Å². The van der Waals surface area contributed by atoms with Gasteiger partial charge < -0.3 is 33.3 Å². The molecule has 0 radical (unpaired) electrons. The largest absolute Gasteiger partial charge is 0.497 e. The van der Waals surface area contributed by atoms with Crippen LogP contribution in [0.25, 0.3) is 11.3 Å². The summed E-state index contributed by atoms with van der Waals surface area (Å²) in [6.07, 6.45) is 1.44. The number of carbonyl (C=O) groups excluding carboxylic acids is 2. The second-order valence-electron chi connectivity index (χ2n) is 8.41. The molecule has 0 saturated carbocycles. The molecule has 0 aliphatic carbocycles. The van der Waals surface area contributed by atoms with Gasteiger partial charge in [-0.15, -0.1) is 10.2 Å². The number of ether oxygens (including phenoxy) is 3. The number of amides is 2. The van der Waals surface area contributed by atoms with Gasteiger partial charge >= 0.3 is 0 Å². The number of anilines is 1. The van der Waals surface area contributed by atoms with Gasteiger partial charge in [-0.1, -0.05) is 0 Å². The summed E-state index contributed by atoms with van der Waals surface area (Å²) in [5.41, 5.74) is 1.51. The van der Waals surface area contributed by atoms with Crippen LogP contribution in [0.1, 0.15) is 10.6 Å². The summed E-state index contributed by atoms with van der Waals surface area (Å²) in [5, 5.41) is 8.81. The first-order valence-electron chi connectivity index (χ1n) is 11.9. The van der Waals surface area contributed by atoms with Gasteiger partial charge in [0.2, 0.25) is 5.91 Å². The van der Waals surface area contributed by atoms with Crippen molar-refractivity contribution in [2.75, 3.05) is 72.1 Å². The van der Waals surface area contributed by atoms with Gasteiger partial charge in [0.15, 0.2) is 11.6 Å². The standard InChI is InChI=1S/C26H31N5O6/c1-34-16-14-31(26(33)22-5-4-15-37-22)18-25(32)30-12-10-29(11-13-30)24-9-8-21(27-28-24)20-7-6-19(35-2)17-23(20)36-3/h4-9,15,17H,10-14,16,18H2,1-3H3. The Morgan fingerprint density at radius 1 is 1.00 bits per heavy atom. The van der Waals surface area contributed by atoms with Crippen molar-refractivity contribution in [3.8, 4) is 22.8 Å². The molecule has 11 nitrogen and oxygen atoms in total. The van der Waals surface area contributed by atoms with Gasteiger partial charge in [0.25, 0.3) is 5.91 Å². The number of hydrogen-bond donors (Lipinski definition) is 0. The molecule has 196 valence electrons. The first kappa shape index (κ1) is 26.0. The van der Waals surface area contributed by atoms with Crippen molar-refractivity contribution in [1.29, 1.82) is 0 Å². The lowest BCUT2D eigenvalue weighted by Crippen LogP contribution is -2.52. The number of methoxy groups -OCH3 is 3. The molecule has 3 aromatic rings. The van der Waals surface area contributed by atoms with Crippen molar-refractivity contribution in [2.24, 2.45) is 0 Å². The molecule has 11 heteroatoms. The summed E-state index contributed by atoms with van der Waals surface area (Å²) in [4.78, 5) is 31.0. The Balaban J connectivity index is 1.35. The summed E-state index contributed by atoms with van der Waals surface area (Å²) >= 11 is 0. The van der Waals surface area contributed by atoms with Gasteiger partial charge in [-0.25, -0.2) is 0 Å². The molecule has 37 heavy (non-hydrogen) atoms. The summed E-state index contributed by atoms with van der Waals surface area (Å²) in [5.74, 6) is 1.82. The van der Waals surface area contributed by atoms with Gasteiger partial charge in [0.05, 0.1) is 32.8 Å². The molecule has 1 saturated heterocycles. The predicted molar refractivity (Wildman–Crippen MR) is 136 cm³/mol. The highest BCUT2D eigenvalue weighted by Gasteiger charge is 2.26. The number of carbonyl (C=O) groups is 2. The molecule has 0 atom stereocenters. The zero-order valence-corrected chi connectivity index (χ0v) is 21.3. The topological polar surface area (TPSA) is 110 Å². The van der Waals surface area contributed by atoms with E-state index in [0.29, 0.717) is 56.5 Å². The summed E-state index contributed by atoms with van der Waals surface area (Å²) in [6.45, 7) is 2.82. The number of aromatic nitrogens is 2. The number of rotatable bonds is 10. The Morgan fingerprint density at radius 3 is 2.43 bits per heavy atom. The zero-order valence-electron chi connectivity index (χ0n) is 21.3. The number of benzene rings is 1. The monoisotopic (exact) mass is 509 g/mol. The minimum Gasteiger partial charge on any atom is -0.497 e. The summed E-state index contributed by atoms with van der Waals surface area (Å²) in [7, 11) is 4.76. The Hall–Kier alpha value is -4.12. The van der Waals surface area contributed by atoms with Crippen molar-refractivity contribution >= 4 is 17.6 Å². The van der Waals surface area contributed by atoms with Gasteiger partial charge in [0, 0.05) is 51.5 Å². The van der Waals surface area contributed by atoms with E-state index in [0.717, 1.165) is 11.4 Å². The minimum atomic E-state index is -0.335. The minimum absolute atomic E-state index is 0.0406. The van der Waals surface area contributed by atoms with Crippen molar-refractivity contribution in [3.63, 3.8) is 0 Å². The first-order valence-corrected chi connectivity index (χ1v) is 11.9. The highest BCUT2D eigenvalue weighted by molar-refractivity contribution is 5.94. The van der Waals surface area contributed by atoms with E-state index in [9.17, 15) is 9.59 Å². The third-order valence-electron chi connectivity index (χ3n) is 6.20. The van der Waals surface area contributed by atoms with E-state index in [1.807, 2.05) is 24.3 Å². The molecule has 3 heterocycles. The number of nitrogens with zero attached hydrogens (tertiary/aromatic N) is 5. The number of hydrogen-bond acceptors (Lipinski definition) is 9. The molecule has 1 aliphatic heterocycles. The lowest BCUT2D eigenvalue weighted by atomic mass is 10.1. The van der Waals surface area contributed by atoms with Crippen LogP contribution in [0.4, 0.5) is 5.82 Å². The molecule has 0 unspecified atom stereocenters. The lowest BCUT2D eigenvalue weighted by molar-refractivity contribution is -0.132. The Kier molecular flexibility index (Phi) is 8.57. The SMILES string of the molecule is COCCN(CC(=O)N1CCN(c2ccc(-c3ccc(OC)cc3OC)nn2)CC1)C(=O)c1ccco1. The van der Waals surface area contributed by atoms with Crippen LogP contribution in [0.2, 0.25) is 0 Å². The maximum atomic E-state index is 13.0. The van der Waals surface area contributed by atoms with Crippen molar-refractivity contribution in [1.82, 2.24) is 20.0 Å². The van der Waals surface area contributed by atoms with Crippen LogP contribution in [0.5, 0.6) is 11.5 Å². The zero-order chi connectivity index (χ0) is 26.2. The molecule has 0 spiro atoms. The van der Waals surface area contributed by atoms with Crippen LogP contribution in [0.15, 0.2) is 53.1 Å². The van der Waals surface area contributed by atoms with Crippen molar-refractivity contribution < 1.29 is 28.2 Å². The molecule has 1 aromatic carbocycles. The van der Waals surface area contributed by atoms with Crippen LogP contribution in [-0.2, 0) is 9.53 Å². The second-order valence-corrected chi connectivity index (χ2v) is 8.41. The van der Waals surface area contributed by atoms with Gasteiger partial charge in [-0.05, 0) is 36.4 Å². The van der Waals surface area contributed by atoms with Crippen LogP contribution in [0, 0.1) is 0 Å². The van der Waals surface area contributed by atoms with E-state index < -0.39 is 0 Å². The Morgan fingerprint density at radius 2 is 1.81 bits per heavy atom. The highest BCUT2D eigenvalue weighted by Crippen LogP contribution is 2.32. The highest BCUT2D eigenvalue weighted by atomic mass is 16.5. The first-order chi connectivity index (χ1) is 18.0. The molecule has 4 rings (SSSR count). The van der Waals surface area contributed by atoms with E-state index >= 15 is 0 Å². The normalized spacial score (nSPS) is 13.4. The van der Waals surface area contributed by atoms with Crippen molar-refractivity contribution in [3.05, 3.63) is 54.5 Å². The van der Waals surface area contributed by atoms with E-state index in [2.05, 4.69) is 15.1 Å². The van der Waals surface area contributed by atoms with Crippen LogP contribution < -0.4 is 14.4 Å². The molecule has 0 bridgehead atoms. The van der Waals surface area contributed by atoms with E-state index in [1.165, 1.54) is 11.2 Å². The predicted octanol–water partition coefficient (Wildman–Crippen LogP) is 2.19. The van der Waals surface area contributed by atoms with Gasteiger partial charge in [-0.2, -0.15) is 0 Å². The lowest BCUT2D eigenvalue weighted by Gasteiger charge is -2.36. The fraction of sp³-hybridized carbons (Fsp3) is 0.385. The average Bonchev–Trinajstić information content (AvgIpc) is 3.50. The second kappa shape index (κ2) is 12.2. The fourth-order valence-electron chi connectivity index (χ4n) is 4.11. The summed E-state index contributed by atoms with van der Waals surface area (Å²) in [6, 6.07) is 12.6. The van der Waals surface area contributed by atoms with Gasteiger partial charge in [-0.3, -0.25) is 9.59 Å². The number of furan rings is 1. The Labute approximate surface area is 215 Å². The molecule has 0 N–H and O–H groups in total. The smallest absolute Gasteiger partial charge is 0.290 e. The maximum absolute atomic E-state index is 13.0. The molecule has 1 aliphatic rings. The third-order valence-corrected chi connectivity index (χ3v) is 6.20. The summed E-state index contributed by atoms with van der Waals surface area (Å²) < 4.78 is 21.1. The van der Waals surface area contributed by atoms with Gasteiger partial charge in [0.1, 0.15) is 18.0 Å². The molecule has 2 aromatic heterocycles. The molecule has 1 fully saturated rings. The molecular weight excluding hydrogens is 478 g/mol. The third kappa shape index (κ3) is 6.18. The quantitative estimate of drug-likeness (QED) is 0.406. The molecule has 2 amide bonds. The van der Waals surface area contributed by atoms with E-state index in [-0.39, 0.29) is 24.1 Å². The maximum Gasteiger partial charge on any atom is 0.290 e. The average molecular weight is 510 g/mol.